The van der Waals surface area contributed by atoms with Gasteiger partial charge in [0.05, 0.1) is 12.2 Å². The molecule has 91 heavy (non-hydrogen) atoms. The number of amides is 7. The molecular formula is C67H88FN11O12. The molecule has 24 heteroatoms. The predicted molar refractivity (Wildman–Crippen MR) is 335 cm³/mol. The number of carboxylic acid groups (broad SMARTS) is 1. The number of ether oxygens (including phenoxy) is 2. The van der Waals surface area contributed by atoms with Crippen LogP contribution in [0.3, 0.4) is 0 Å². The van der Waals surface area contributed by atoms with Crippen LogP contribution in [0.5, 0.6) is 0 Å². The first-order chi connectivity index (χ1) is 43.5. The largest absolute Gasteiger partial charge is 0.480 e. The number of rotatable bonds is 35. The molecule has 23 nitrogen and oxygen atoms in total. The van der Waals surface area contributed by atoms with Gasteiger partial charge in [0.2, 0.25) is 29.5 Å². The van der Waals surface area contributed by atoms with Crippen LogP contribution in [0.15, 0.2) is 122 Å². The van der Waals surface area contributed by atoms with Crippen LogP contribution in [0.4, 0.5) is 9.18 Å². The first-order valence-electron chi connectivity index (χ1n) is 31.2. The average Bonchev–Trinajstić information content (AvgIpc) is 1.78. The lowest BCUT2D eigenvalue weighted by Gasteiger charge is -2.36. The number of carbonyl (C=O) groups excluding carboxylic acids is 8. The highest BCUT2D eigenvalue weighted by molar-refractivity contribution is 5.97. The maximum absolute atomic E-state index is 15.5. The minimum atomic E-state index is -1.54. The quantitative estimate of drug-likeness (QED) is 0.0250. The number of likely N-dealkylation sites (N-methyl/N-ethyl adjacent to an activating group) is 2. The lowest BCUT2D eigenvalue weighted by atomic mass is 9.75. The van der Waals surface area contributed by atoms with Crippen molar-refractivity contribution in [2.75, 3.05) is 20.6 Å². The van der Waals surface area contributed by atoms with Gasteiger partial charge in [0.15, 0.2) is 6.10 Å². The van der Waals surface area contributed by atoms with Gasteiger partial charge in [0.25, 0.3) is 5.91 Å². The SMILES string of the molecule is CCCC[C@H](NC(=O)[C@H](Cc1cccnc1)NC(=O)[C@H](CCCn1ccnc1)N(C)C(=O)[C@H](Cc1ccccc1)OC(=O)C1CC(CNC(=O)OC(C)(C)C)C1)C(=O)N[C@@H](Cc1ccccc1F)C(=O)N[C@@H](CCCC)C(=O)N(C)[C@@H](Cc1cccnc1)C(=O)O. The predicted octanol–water partition coefficient (Wildman–Crippen LogP) is 6.08. The van der Waals surface area contributed by atoms with Crippen LogP contribution in [0, 0.1) is 17.7 Å². The van der Waals surface area contributed by atoms with E-state index >= 15 is 9.18 Å². The number of aliphatic carboxylic acids is 1. The second-order valence-electron chi connectivity index (χ2n) is 24.2. The number of nitrogens with one attached hydrogen (secondary N) is 5. The Morgan fingerprint density at radius 1 is 0.626 bits per heavy atom. The third-order valence-electron chi connectivity index (χ3n) is 15.9. The number of hydrogen-bond acceptors (Lipinski definition) is 14. The van der Waals surface area contributed by atoms with Gasteiger partial charge in [-0.05, 0) is 106 Å². The molecule has 7 atom stereocenters. The molecular weight excluding hydrogens is 1170 g/mol. The molecule has 7 amide bonds. The number of aromatic nitrogens is 4. The highest BCUT2D eigenvalue weighted by atomic mass is 19.1. The summed E-state index contributed by atoms with van der Waals surface area (Å²) >= 11 is 0. The number of esters is 1. The molecule has 490 valence electrons. The molecule has 1 aliphatic rings. The molecule has 6 N–H and O–H groups in total. The first-order valence-corrected chi connectivity index (χ1v) is 31.2. The highest BCUT2D eigenvalue weighted by Gasteiger charge is 2.41. The Morgan fingerprint density at radius 2 is 1.19 bits per heavy atom. The van der Waals surface area contributed by atoms with Crippen LogP contribution < -0.4 is 26.6 Å². The van der Waals surface area contributed by atoms with Crippen molar-refractivity contribution in [1.82, 2.24) is 55.9 Å². The van der Waals surface area contributed by atoms with Gasteiger partial charge in [0, 0.05) is 90.0 Å². The molecule has 0 radical (unpaired) electrons. The first kappa shape index (κ1) is 71.0. The zero-order valence-electron chi connectivity index (χ0n) is 53.1. The molecule has 5 aromatic rings. The Morgan fingerprint density at radius 3 is 1.78 bits per heavy atom. The van der Waals surface area contributed by atoms with Gasteiger partial charge >= 0.3 is 18.0 Å². The summed E-state index contributed by atoms with van der Waals surface area (Å²) in [5, 5.41) is 24.2. The minimum absolute atomic E-state index is 0.0267. The van der Waals surface area contributed by atoms with E-state index in [1.165, 1.54) is 62.0 Å². The number of carboxylic acids is 1. The Kier molecular flexibility index (Phi) is 27.6. The van der Waals surface area contributed by atoms with Gasteiger partial charge in [-0.3, -0.25) is 43.5 Å². The number of halogens is 1. The summed E-state index contributed by atoms with van der Waals surface area (Å²) in [5.41, 5.74) is 1.14. The average molecular weight is 1260 g/mol. The summed E-state index contributed by atoms with van der Waals surface area (Å²) in [4.78, 5) is 142. The summed E-state index contributed by atoms with van der Waals surface area (Å²) in [6.07, 6.45) is 11.8. The third-order valence-corrected chi connectivity index (χ3v) is 15.9. The highest BCUT2D eigenvalue weighted by Crippen LogP contribution is 2.35. The van der Waals surface area contributed by atoms with Crippen molar-refractivity contribution in [3.05, 3.63) is 150 Å². The monoisotopic (exact) mass is 1260 g/mol. The normalized spacial score (nSPS) is 15.9. The topological polar surface area (TPSA) is 303 Å². The number of hydrogen-bond donors (Lipinski definition) is 6. The molecule has 1 fully saturated rings. The van der Waals surface area contributed by atoms with Crippen LogP contribution in [0.25, 0.3) is 0 Å². The molecule has 0 unspecified atom stereocenters. The molecule has 1 saturated carbocycles. The second-order valence-corrected chi connectivity index (χ2v) is 24.2. The van der Waals surface area contributed by atoms with Gasteiger partial charge in [-0.25, -0.2) is 19.0 Å². The van der Waals surface area contributed by atoms with Gasteiger partial charge in [0.1, 0.15) is 47.7 Å². The molecule has 6 rings (SSSR count). The van der Waals surface area contributed by atoms with Crippen LogP contribution >= 0.6 is 0 Å². The smallest absolute Gasteiger partial charge is 0.407 e. The summed E-state index contributed by atoms with van der Waals surface area (Å²) in [5.74, 6) is -7.81. The fourth-order valence-corrected chi connectivity index (χ4v) is 10.7. The number of nitrogens with zero attached hydrogens (tertiary/aromatic N) is 6. The van der Waals surface area contributed by atoms with E-state index in [1.807, 2.05) is 24.5 Å². The Labute approximate surface area is 531 Å². The third kappa shape index (κ3) is 22.7. The Bertz CT molecular complexity index is 3170. The van der Waals surface area contributed by atoms with E-state index in [0.717, 1.165) is 4.90 Å². The van der Waals surface area contributed by atoms with E-state index in [4.69, 9.17) is 9.47 Å². The number of benzene rings is 2. The van der Waals surface area contributed by atoms with Gasteiger partial charge in [-0.15, -0.1) is 0 Å². The maximum Gasteiger partial charge on any atom is 0.407 e. The molecule has 3 aromatic heterocycles. The maximum atomic E-state index is 15.5. The van der Waals surface area contributed by atoms with E-state index in [0.29, 0.717) is 68.2 Å². The summed E-state index contributed by atoms with van der Waals surface area (Å²) in [6, 6.07) is 13.2. The standard InChI is InChI=1S/C67H88FN11O12/c1-8-10-26-51(58(80)75-54(39-48-24-15-16-25-50(48)68)60(82)74-52(27-11-9-2)62(84)78(7)56(64(86)87)37-46-23-18-30-70-41-46)73-59(81)53(36-45-22-17-29-69-40-45)76-61(83)55(28-19-32-79-33-31-71-43-79)77(6)63(85)57(38-44-20-13-12-14-21-44)90-65(88)49-34-47(35-49)42-72-66(89)91-67(3,4)5/h12-18,20-25,29-31,33,40-41,43,47,49,51-57H,8-11,19,26-28,32,34-39,42H2,1-7H3,(H,72,89)(H,73,81)(H,74,82)(H,75,80)(H,76,83)(H,86,87)/t47?,49?,51-,52-,53-,54-,55-,56-,57-/m0/s1. The molecule has 0 saturated heterocycles. The summed E-state index contributed by atoms with van der Waals surface area (Å²) < 4.78 is 28.7. The van der Waals surface area contributed by atoms with Crippen molar-refractivity contribution in [3.8, 4) is 0 Å². The zero-order valence-corrected chi connectivity index (χ0v) is 53.1. The lowest BCUT2D eigenvalue weighted by molar-refractivity contribution is -0.168. The minimum Gasteiger partial charge on any atom is -0.480 e. The number of carbonyl (C=O) groups is 9. The van der Waals surface area contributed by atoms with Crippen molar-refractivity contribution in [2.45, 2.75) is 179 Å². The lowest BCUT2D eigenvalue weighted by Crippen LogP contribution is -2.60. The molecule has 2 aromatic carbocycles. The van der Waals surface area contributed by atoms with E-state index in [2.05, 4.69) is 41.5 Å². The van der Waals surface area contributed by atoms with Crippen molar-refractivity contribution < 1.29 is 62.1 Å². The van der Waals surface area contributed by atoms with Crippen molar-refractivity contribution >= 4 is 53.5 Å². The number of aryl methyl sites for hydroxylation is 1. The Hall–Kier alpha value is -9.09. The number of imidazole rings is 1. The molecule has 0 spiro atoms. The van der Waals surface area contributed by atoms with Crippen LogP contribution in [-0.2, 0) is 80.1 Å². The Balaban J connectivity index is 1.25. The van der Waals surface area contributed by atoms with Crippen molar-refractivity contribution in [2.24, 2.45) is 11.8 Å². The fraction of sp³-hybridized carbons (Fsp3) is 0.493. The number of unbranched alkanes of at least 4 members (excludes halogenated alkanes) is 2. The number of pyridine rings is 2. The summed E-state index contributed by atoms with van der Waals surface area (Å²) in [6.45, 7) is 9.71. The second kappa shape index (κ2) is 35.3. The molecule has 1 aliphatic carbocycles. The van der Waals surface area contributed by atoms with Crippen LogP contribution in [0.2, 0.25) is 0 Å². The van der Waals surface area contributed by atoms with Crippen molar-refractivity contribution in [1.29, 1.82) is 0 Å². The van der Waals surface area contributed by atoms with Gasteiger partial charge < -0.3 is 55.5 Å². The van der Waals surface area contributed by atoms with E-state index < -0.39 is 120 Å². The van der Waals surface area contributed by atoms with Gasteiger partial charge in [-0.2, -0.15) is 0 Å². The van der Waals surface area contributed by atoms with E-state index in [9.17, 15) is 43.5 Å². The fourth-order valence-electron chi connectivity index (χ4n) is 10.7. The number of alkyl carbamates (subject to hydrolysis) is 1. The van der Waals surface area contributed by atoms with Crippen LogP contribution in [-0.4, -0.2) is 156 Å². The summed E-state index contributed by atoms with van der Waals surface area (Å²) in [7, 11) is 2.77. The molecule has 3 heterocycles. The molecule has 0 aliphatic heterocycles. The van der Waals surface area contributed by atoms with E-state index in [1.54, 1.807) is 94.1 Å². The molecule has 0 bridgehead atoms. The van der Waals surface area contributed by atoms with Crippen LogP contribution in [0.1, 0.15) is 121 Å². The van der Waals surface area contributed by atoms with Crippen molar-refractivity contribution in [3.63, 3.8) is 0 Å². The zero-order chi connectivity index (χ0) is 66.0. The van der Waals surface area contributed by atoms with Gasteiger partial charge in [-0.1, -0.05) is 100 Å². The van der Waals surface area contributed by atoms with E-state index in [-0.39, 0.29) is 56.6 Å².